The summed E-state index contributed by atoms with van der Waals surface area (Å²) in [5, 5.41) is 0. The minimum Gasteiger partial charge on any atom is -0.382 e. The molecule has 0 saturated carbocycles. The maximum Gasteiger partial charge on any atom is 0.274 e. The van der Waals surface area contributed by atoms with Gasteiger partial charge in [0.05, 0.1) is 12.4 Å². The number of hydrogen-bond acceptors (Lipinski definition) is 4. The topological polar surface area (TPSA) is 72.1 Å². The van der Waals surface area contributed by atoms with Gasteiger partial charge in [0.1, 0.15) is 11.5 Å². The van der Waals surface area contributed by atoms with E-state index in [0.29, 0.717) is 17.5 Å². The summed E-state index contributed by atoms with van der Waals surface area (Å²) in [5.74, 6) is 1.43. The van der Waals surface area contributed by atoms with Gasteiger partial charge in [-0.2, -0.15) is 0 Å². The van der Waals surface area contributed by atoms with Crippen molar-refractivity contribution in [2.75, 3.05) is 18.8 Å². The molecular weight excluding hydrogens is 216 g/mol. The van der Waals surface area contributed by atoms with Crippen LogP contribution in [0.1, 0.15) is 30.8 Å². The normalized spacial score (nSPS) is 19.9. The third kappa shape index (κ3) is 2.54. The van der Waals surface area contributed by atoms with Crippen molar-refractivity contribution >= 4 is 11.7 Å². The van der Waals surface area contributed by atoms with E-state index in [1.807, 2.05) is 4.90 Å². The Hall–Kier alpha value is -1.65. The monoisotopic (exact) mass is 234 g/mol. The molecule has 2 heterocycles. The van der Waals surface area contributed by atoms with Gasteiger partial charge in [-0.05, 0) is 18.3 Å². The summed E-state index contributed by atoms with van der Waals surface area (Å²) in [6.07, 6.45) is 3.98. The summed E-state index contributed by atoms with van der Waals surface area (Å²) >= 11 is 0. The third-order valence-corrected chi connectivity index (χ3v) is 3.33. The standard InChI is InChI=1S/C12H18N4O/c1-8(2)9-3-4-16(7-9)12(17)10-5-14-6-11(13)15-10/h5-6,8-9H,3-4,7H2,1-2H3,(H2,13,15). The summed E-state index contributed by atoms with van der Waals surface area (Å²) in [4.78, 5) is 21.9. The van der Waals surface area contributed by atoms with Gasteiger partial charge in [-0.1, -0.05) is 13.8 Å². The van der Waals surface area contributed by atoms with Gasteiger partial charge in [0.25, 0.3) is 5.91 Å². The highest BCUT2D eigenvalue weighted by Crippen LogP contribution is 2.24. The molecule has 2 N–H and O–H groups in total. The fourth-order valence-electron chi connectivity index (χ4n) is 2.16. The number of carbonyl (C=O) groups is 1. The Labute approximate surface area is 101 Å². The maximum absolute atomic E-state index is 12.1. The van der Waals surface area contributed by atoms with Crippen LogP contribution in [0.5, 0.6) is 0 Å². The van der Waals surface area contributed by atoms with E-state index in [4.69, 9.17) is 5.73 Å². The molecule has 1 aliphatic rings. The van der Waals surface area contributed by atoms with Crippen molar-refractivity contribution in [2.24, 2.45) is 11.8 Å². The van der Waals surface area contributed by atoms with Crippen LogP contribution in [0.25, 0.3) is 0 Å². The zero-order valence-electron chi connectivity index (χ0n) is 10.3. The van der Waals surface area contributed by atoms with Crippen molar-refractivity contribution in [3.05, 3.63) is 18.1 Å². The zero-order valence-corrected chi connectivity index (χ0v) is 10.3. The van der Waals surface area contributed by atoms with Crippen molar-refractivity contribution in [1.82, 2.24) is 14.9 Å². The van der Waals surface area contributed by atoms with Crippen LogP contribution in [0, 0.1) is 11.8 Å². The van der Waals surface area contributed by atoms with E-state index >= 15 is 0 Å². The molecule has 0 spiro atoms. The van der Waals surface area contributed by atoms with Gasteiger partial charge in [0.2, 0.25) is 0 Å². The van der Waals surface area contributed by atoms with E-state index in [1.165, 1.54) is 12.4 Å². The number of nitrogens with two attached hydrogens (primary N) is 1. The Morgan fingerprint density at radius 2 is 2.29 bits per heavy atom. The first kappa shape index (κ1) is 11.8. The van der Waals surface area contributed by atoms with Gasteiger partial charge in [0, 0.05) is 13.1 Å². The first-order valence-electron chi connectivity index (χ1n) is 5.94. The van der Waals surface area contributed by atoms with E-state index in [2.05, 4.69) is 23.8 Å². The first-order valence-corrected chi connectivity index (χ1v) is 5.94. The van der Waals surface area contributed by atoms with E-state index in [0.717, 1.165) is 19.5 Å². The van der Waals surface area contributed by atoms with Crippen LogP contribution in [0.4, 0.5) is 5.82 Å². The molecule has 1 aromatic rings. The molecule has 5 heteroatoms. The molecular formula is C12H18N4O. The quantitative estimate of drug-likeness (QED) is 0.834. The molecule has 1 amide bonds. The highest BCUT2D eigenvalue weighted by molar-refractivity contribution is 5.92. The average Bonchev–Trinajstić information content (AvgIpc) is 2.77. The zero-order chi connectivity index (χ0) is 12.4. The van der Waals surface area contributed by atoms with E-state index in [-0.39, 0.29) is 11.7 Å². The number of rotatable bonds is 2. The van der Waals surface area contributed by atoms with Crippen LogP contribution in [-0.2, 0) is 0 Å². The Morgan fingerprint density at radius 1 is 1.53 bits per heavy atom. The van der Waals surface area contributed by atoms with Gasteiger partial charge in [-0.3, -0.25) is 9.78 Å². The highest BCUT2D eigenvalue weighted by Gasteiger charge is 2.29. The number of anilines is 1. The first-order chi connectivity index (χ1) is 8.08. The lowest BCUT2D eigenvalue weighted by Crippen LogP contribution is -2.30. The number of aromatic nitrogens is 2. The van der Waals surface area contributed by atoms with Crippen LogP contribution in [0.3, 0.4) is 0 Å². The van der Waals surface area contributed by atoms with E-state index < -0.39 is 0 Å². The van der Waals surface area contributed by atoms with Crippen molar-refractivity contribution in [3.8, 4) is 0 Å². The van der Waals surface area contributed by atoms with Crippen LogP contribution in [0.15, 0.2) is 12.4 Å². The number of amides is 1. The molecule has 1 saturated heterocycles. The summed E-state index contributed by atoms with van der Waals surface area (Å²) in [6.45, 7) is 6.00. The van der Waals surface area contributed by atoms with Gasteiger partial charge >= 0.3 is 0 Å². The molecule has 1 aromatic heterocycles. The smallest absolute Gasteiger partial charge is 0.274 e. The van der Waals surface area contributed by atoms with Crippen LogP contribution in [-0.4, -0.2) is 33.9 Å². The van der Waals surface area contributed by atoms with Crippen LogP contribution in [0.2, 0.25) is 0 Å². The molecule has 92 valence electrons. The molecule has 0 bridgehead atoms. The number of nitrogen functional groups attached to an aromatic ring is 1. The minimum absolute atomic E-state index is 0.0621. The van der Waals surface area contributed by atoms with Crippen molar-refractivity contribution in [2.45, 2.75) is 20.3 Å². The third-order valence-electron chi connectivity index (χ3n) is 3.33. The summed E-state index contributed by atoms with van der Waals surface area (Å²) in [6, 6.07) is 0. The van der Waals surface area contributed by atoms with Gasteiger partial charge < -0.3 is 10.6 Å². The highest BCUT2D eigenvalue weighted by atomic mass is 16.2. The Morgan fingerprint density at radius 3 is 2.88 bits per heavy atom. The maximum atomic E-state index is 12.1. The lowest BCUT2D eigenvalue weighted by Gasteiger charge is -2.17. The second-order valence-electron chi connectivity index (χ2n) is 4.87. The average molecular weight is 234 g/mol. The summed E-state index contributed by atoms with van der Waals surface area (Å²) in [7, 11) is 0. The molecule has 0 aromatic carbocycles. The molecule has 1 fully saturated rings. The lowest BCUT2D eigenvalue weighted by molar-refractivity contribution is 0.0778. The number of carbonyl (C=O) groups excluding carboxylic acids is 1. The second kappa shape index (κ2) is 4.69. The fraction of sp³-hybridized carbons (Fsp3) is 0.583. The largest absolute Gasteiger partial charge is 0.382 e. The van der Waals surface area contributed by atoms with E-state index in [9.17, 15) is 4.79 Å². The molecule has 0 radical (unpaired) electrons. The second-order valence-corrected chi connectivity index (χ2v) is 4.87. The molecule has 1 unspecified atom stereocenters. The fourth-order valence-corrected chi connectivity index (χ4v) is 2.16. The molecule has 0 aliphatic carbocycles. The van der Waals surface area contributed by atoms with Crippen molar-refractivity contribution < 1.29 is 4.79 Å². The number of hydrogen-bond donors (Lipinski definition) is 1. The Bertz CT molecular complexity index is 419. The van der Waals surface area contributed by atoms with Crippen LogP contribution < -0.4 is 5.73 Å². The van der Waals surface area contributed by atoms with Gasteiger partial charge in [-0.15, -0.1) is 0 Å². The SMILES string of the molecule is CC(C)C1CCN(C(=O)c2cncc(N)n2)C1. The Balaban J connectivity index is 2.07. The minimum atomic E-state index is -0.0621. The molecule has 5 nitrogen and oxygen atoms in total. The predicted octanol–water partition coefficient (Wildman–Crippen LogP) is 1.18. The van der Waals surface area contributed by atoms with Gasteiger partial charge in [-0.25, -0.2) is 4.98 Å². The summed E-state index contributed by atoms with van der Waals surface area (Å²) < 4.78 is 0. The summed E-state index contributed by atoms with van der Waals surface area (Å²) in [5.41, 5.74) is 5.87. The Kier molecular flexibility index (Phi) is 3.26. The van der Waals surface area contributed by atoms with Crippen molar-refractivity contribution in [3.63, 3.8) is 0 Å². The number of nitrogens with zero attached hydrogens (tertiary/aromatic N) is 3. The molecule has 1 aliphatic heterocycles. The predicted molar refractivity (Wildman–Crippen MR) is 65.3 cm³/mol. The molecule has 1 atom stereocenters. The van der Waals surface area contributed by atoms with Crippen LogP contribution >= 0.6 is 0 Å². The van der Waals surface area contributed by atoms with E-state index in [1.54, 1.807) is 0 Å². The number of likely N-dealkylation sites (tertiary alicyclic amines) is 1. The lowest BCUT2D eigenvalue weighted by atomic mass is 9.95. The van der Waals surface area contributed by atoms with Gasteiger partial charge in [0.15, 0.2) is 0 Å². The molecule has 2 rings (SSSR count). The van der Waals surface area contributed by atoms with Crippen molar-refractivity contribution in [1.29, 1.82) is 0 Å². The molecule has 17 heavy (non-hydrogen) atoms.